The minimum atomic E-state index is -1.19. The van der Waals surface area contributed by atoms with Crippen LogP contribution in [0, 0.1) is 0 Å². The second-order valence-corrected chi connectivity index (χ2v) is 15.6. The Balaban J connectivity index is 0.905. The van der Waals surface area contributed by atoms with Crippen molar-refractivity contribution < 1.29 is 42.0 Å². The van der Waals surface area contributed by atoms with Gasteiger partial charge < -0.3 is 42.0 Å². The van der Waals surface area contributed by atoms with Crippen LogP contribution in [-0.2, 0) is 27.1 Å². The number of epoxide rings is 1. The van der Waals surface area contributed by atoms with Crippen LogP contribution in [0.1, 0.15) is 84.8 Å². The maximum Gasteiger partial charge on any atom is 0.336 e. The van der Waals surface area contributed by atoms with Crippen LogP contribution in [-0.4, -0.2) is 49.2 Å². The molecule has 10 heteroatoms. The van der Waals surface area contributed by atoms with Crippen molar-refractivity contribution in [1.29, 1.82) is 0 Å². The fourth-order valence-corrected chi connectivity index (χ4v) is 7.70. The van der Waals surface area contributed by atoms with Gasteiger partial charge in [-0.05, 0) is 97.9 Å². The number of furan rings is 1. The van der Waals surface area contributed by atoms with E-state index in [9.17, 15) is 4.79 Å². The van der Waals surface area contributed by atoms with Crippen LogP contribution in [0.25, 0.3) is 21.9 Å². The summed E-state index contributed by atoms with van der Waals surface area (Å²) in [5.41, 5.74) is 4.65. The molecular formula is C42H48O10. The van der Waals surface area contributed by atoms with E-state index in [1.807, 2.05) is 12.1 Å². The van der Waals surface area contributed by atoms with Crippen LogP contribution in [0.2, 0.25) is 0 Å². The highest BCUT2D eigenvalue weighted by Gasteiger charge is 2.55. The van der Waals surface area contributed by atoms with Crippen LogP contribution in [0.15, 0.2) is 73.5 Å². The zero-order valence-electron chi connectivity index (χ0n) is 30.9. The van der Waals surface area contributed by atoms with E-state index in [1.54, 1.807) is 18.4 Å². The Morgan fingerprint density at radius 3 is 2.13 bits per heavy atom. The van der Waals surface area contributed by atoms with Crippen molar-refractivity contribution in [2.45, 2.75) is 116 Å². The lowest BCUT2D eigenvalue weighted by Gasteiger charge is -2.34. The van der Waals surface area contributed by atoms with E-state index in [-0.39, 0.29) is 11.7 Å². The summed E-state index contributed by atoms with van der Waals surface area (Å²) < 4.78 is 55.3. The third kappa shape index (κ3) is 6.84. The molecule has 2 aromatic heterocycles. The molecule has 0 saturated carbocycles. The standard InChI is InChI=1S/C42H48O10/c1-25(7-10-35-40(3,4)50-35)15-20-47-39-28-13-18-42(49-34(28)24-32-30(39)17-22-45-32)51-36(41(5,6)52-42)11-8-26(2)14-19-46-38-27-9-12-37(43)48-33(27)23-31-29(38)16-21-44-31/h9,12,14-15,17,22-24,35-36H,7-8,10-11,13,16,18-21H2,1-6H3. The molecule has 52 heavy (non-hydrogen) atoms. The zero-order valence-corrected chi connectivity index (χ0v) is 30.9. The lowest BCUT2D eigenvalue weighted by molar-refractivity contribution is -0.312. The van der Waals surface area contributed by atoms with E-state index in [0.717, 1.165) is 59.8 Å². The summed E-state index contributed by atoms with van der Waals surface area (Å²) in [6.07, 6.45) is 11.6. The van der Waals surface area contributed by atoms with Gasteiger partial charge in [-0.25, -0.2) is 4.79 Å². The van der Waals surface area contributed by atoms with Gasteiger partial charge in [-0.3, -0.25) is 0 Å². The number of ether oxygens (including phenoxy) is 7. The van der Waals surface area contributed by atoms with Crippen molar-refractivity contribution in [1.82, 2.24) is 0 Å². The maximum atomic E-state index is 11.8. The van der Waals surface area contributed by atoms with Gasteiger partial charge in [-0.15, -0.1) is 0 Å². The van der Waals surface area contributed by atoms with E-state index in [4.69, 9.17) is 42.0 Å². The highest BCUT2D eigenvalue weighted by molar-refractivity contribution is 5.88. The Labute approximate surface area is 303 Å². The van der Waals surface area contributed by atoms with Gasteiger partial charge in [0.05, 0.1) is 47.1 Å². The van der Waals surface area contributed by atoms with Gasteiger partial charge in [0.15, 0.2) is 0 Å². The number of hydrogen-bond acceptors (Lipinski definition) is 10. The molecule has 2 aromatic carbocycles. The van der Waals surface area contributed by atoms with E-state index in [0.29, 0.717) is 67.2 Å². The first kappa shape index (κ1) is 34.8. The smallest absolute Gasteiger partial charge is 0.336 e. The number of fused-ring (bicyclic) bond motifs is 4. The minimum absolute atomic E-state index is 0.0113. The Morgan fingerprint density at radius 2 is 1.44 bits per heavy atom. The van der Waals surface area contributed by atoms with Gasteiger partial charge >= 0.3 is 11.6 Å². The Hall–Kier alpha value is -4.25. The first-order chi connectivity index (χ1) is 24.9. The lowest BCUT2D eigenvalue weighted by atomic mass is 9.96. The molecule has 4 aliphatic rings. The SMILES string of the molecule is CC(=CCOc1c2c(cc3occc13)OC1(CC2)OC(CCC(C)=CCOc2c3c(cc4oc(=O)ccc24)OCC3)C(C)(C)O1)CCC1OC1(C)C. The Morgan fingerprint density at radius 1 is 0.808 bits per heavy atom. The van der Waals surface area contributed by atoms with Crippen molar-refractivity contribution in [3.63, 3.8) is 0 Å². The van der Waals surface area contributed by atoms with E-state index < -0.39 is 17.2 Å². The highest BCUT2D eigenvalue weighted by Crippen LogP contribution is 2.50. The predicted octanol–water partition coefficient (Wildman–Crippen LogP) is 8.74. The van der Waals surface area contributed by atoms with E-state index in [2.05, 4.69) is 53.7 Å². The van der Waals surface area contributed by atoms with Crippen molar-refractivity contribution in [2.24, 2.45) is 0 Å². The summed E-state index contributed by atoms with van der Waals surface area (Å²) in [6.45, 7) is 14.1. The van der Waals surface area contributed by atoms with Crippen molar-refractivity contribution in [3.05, 3.63) is 81.4 Å². The number of benzene rings is 2. The molecule has 3 unspecified atom stereocenters. The first-order valence-corrected chi connectivity index (χ1v) is 18.5. The van der Waals surface area contributed by atoms with Gasteiger partial charge in [-0.1, -0.05) is 11.1 Å². The summed E-state index contributed by atoms with van der Waals surface area (Å²) in [4.78, 5) is 11.8. The Bertz CT molecular complexity index is 2120. The molecule has 276 valence electrons. The highest BCUT2D eigenvalue weighted by atomic mass is 16.9. The summed E-state index contributed by atoms with van der Waals surface area (Å²) in [7, 11) is 0. The zero-order chi connectivity index (χ0) is 36.3. The molecule has 8 rings (SSSR count). The molecule has 4 aromatic rings. The molecule has 0 amide bonds. The lowest BCUT2D eigenvalue weighted by Crippen LogP contribution is -2.42. The van der Waals surface area contributed by atoms with Crippen molar-refractivity contribution >= 4 is 21.9 Å². The van der Waals surface area contributed by atoms with Crippen molar-refractivity contribution in [3.8, 4) is 23.0 Å². The second-order valence-electron chi connectivity index (χ2n) is 15.6. The average molecular weight is 713 g/mol. The average Bonchev–Trinajstić information content (AvgIpc) is 3.49. The fourth-order valence-electron chi connectivity index (χ4n) is 7.70. The first-order valence-electron chi connectivity index (χ1n) is 18.5. The van der Waals surface area contributed by atoms with Gasteiger partial charge in [-0.2, -0.15) is 0 Å². The molecular weight excluding hydrogens is 664 g/mol. The largest absolute Gasteiger partial charge is 0.493 e. The van der Waals surface area contributed by atoms with E-state index >= 15 is 0 Å². The van der Waals surface area contributed by atoms with Crippen LogP contribution in [0.3, 0.4) is 0 Å². The van der Waals surface area contributed by atoms with Crippen LogP contribution < -0.4 is 24.6 Å². The molecule has 3 atom stereocenters. The summed E-state index contributed by atoms with van der Waals surface area (Å²) in [5, 5.41) is 1.70. The van der Waals surface area contributed by atoms with Crippen molar-refractivity contribution in [2.75, 3.05) is 19.8 Å². The molecule has 0 N–H and O–H groups in total. The topological polar surface area (TPSA) is 111 Å². The van der Waals surface area contributed by atoms with Gasteiger partial charge in [0.2, 0.25) is 0 Å². The summed E-state index contributed by atoms with van der Waals surface area (Å²) >= 11 is 0. The maximum absolute atomic E-state index is 11.8. The van der Waals surface area contributed by atoms with Crippen LogP contribution >= 0.6 is 0 Å². The minimum Gasteiger partial charge on any atom is -0.493 e. The molecule has 1 spiro atoms. The van der Waals surface area contributed by atoms with Gasteiger partial charge in [0, 0.05) is 42.2 Å². The third-order valence-corrected chi connectivity index (χ3v) is 10.9. The Kier molecular flexibility index (Phi) is 8.91. The quantitative estimate of drug-likeness (QED) is 0.0803. The fraction of sp³-hybridized carbons (Fsp3) is 0.500. The van der Waals surface area contributed by atoms with Gasteiger partial charge in [0.25, 0.3) is 0 Å². The molecule has 4 aliphatic heterocycles. The normalized spacial score (nSPS) is 24.5. The molecule has 2 saturated heterocycles. The summed E-state index contributed by atoms with van der Waals surface area (Å²) in [6, 6.07) is 8.82. The number of hydrogen-bond donors (Lipinski definition) is 0. The number of allylic oxidation sites excluding steroid dienone is 2. The molecule has 0 radical (unpaired) electrons. The molecule has 10 nitrogen and oxygen atoms in total. The molecule has 6 heterocycles. The summed E-state index contributed by atoms with van der Waals surface area (Å²) in [5.74, 6) is 1.67. The third-order valence-electron chi connectivity index (χ3n) is 10.9. The molecule has 0 bridgehead atoms. The predicted molar refractivity (Wildman–Crippen MR) is 196 cm³/mol. The number of rotatable bonds is 12. The molecule has 2 fully saturated rings. The second kappa shape index (κ2) is 13.3. The van der Waals surface area contributed by atoms with Crippen LogP contribution in [0.5, 0.6) is 23.0 Å². The van der Waals surface area contributed by atoms with Gasteiger partial charge in [0.1, 0.15) is 47.4 Å². The molecule has 0 aliphatic carbocycles. The van der Waals surface area contributed by atoms with Crippen LogP contribution in [0.4, 0.5) is 0 Å². The van der Waals surface area contributed by atoms with E-state index in [1.165, 1.54) is 17.2 Å². The monoisotopic (exact) mass is 712 g/mol.